The average Bonchev–Trinajstić information content (AvgIpc) is 3.15. The van der Waals surface area contributed by atoms with Crippen LogP contribution >= 0.6 is 0 Å². The molecule has 1 aromatic heterocycles. The largest absolute Gasteiger partial charge is 0.504 e. The van der Waals surface area contributed by atoms with Crippen molar-refractivity contribution in [3.63, 3.8) is 0 Å². The highest BCUT2D eigenvalue weighted by Gasteiger charge is 2.20. The number of ether oxygens (including phenoxy) is 1. The smallest absolute Gasteiger partial charge is 0.247 e. The molecule has 1 heterocycles. The van der Waals surface area contributed by atoms with E-state index in [4.69, 9.17) is 9.15 Å². The molecule has 1 aromatic carbocycles. The van der Waals surface area contributed by atoms with Gasteiger partial charge in [-0.25, -0.2) is 0 Å². The first-order valence-corrected chi connectivity index (χ1v) is 6.69. The van der Waals surface area contributed by atoms with Gasteiger partial charge in [-0.2, -0.15) is 0 Å². The fraction of sp³-hybridized carbons (Fsp3) is 0.429. The Morgan fingerprint density at radius 1 is 1.40 bits per heavy atom. The van der Waals surface area contributed by atoms with Crippen molar-refractivity contribution in [1.29, 1.82) is 0 Å². The number of methoxy groups -OCH3 is 1. The highest BCUT2D eigenvalue weighted by atomic mass is 16.5. The number of hydrogen-bond donors (Lipinski definition) is 2. The molecule has 20 heavy (non-hydrogen) atoms. The number of aromatic hydroxyl groups is 1. The lowest BCUT2D eigenvalue weighted by Crippen LogP contribution is -2.19. The molecule has 0 radical (unpaired) electrons. The molecule has 1 aliphatic carbocycles. The molecule has 2 aromatic rings. The van der Waals surface area contributed by atoms with E-state index in [-0.39, 0.29) is 5.75 Å². The van der Waals surface area contributed by atoms with E-state index < -0.39 is 0 Å². The maximum absolute atomic E-state index is 9.74. The molecular formula is C14H17N3O3. The van der Waals surface area contributed by atoms with Gasteiger partial charge >= 0.3 is 0 Å². The van der Waals surface area contributed by atoms with Gasteiger partial charge in [-0.1, -0.05) is 0 Å². The first-order chi connectivity index (χ1) is 9.76. The highest BCUT2D eigenvalue weighted by Crippen LogP contribution is 2.30. The maximum Gasteiger partial charge on any atom is 0.247 e. The van der Waals surface area contributed by atoms with Gasteiger partial charge in [0.15, 0.2) is 11.5 Å². The Labute approximate surface area is 116 Å². The van der Waals surface area contributed by atoms with Crippen LogP contribution in [0.25, 0.3) is 11.5 Å². The minimum Gasteiger partial charge on any atom is -0.504 e. The van der Waals surface area contributed by atoms with Crippen LogP contribution in [0.1, 0.15) is 18.7 Å². The van der Waals surface area contributed by atoms with E-state index in [1.165, 1.54) is 20.0 Å². The SMILES string of the molecule is COc1ccc(-c2nnc(CCNC3CC3)o2)cc1O. The molecule has 0 spiro atoms. The Hall–Kier alpha value is -2.08. The maximum atomic E-state index is 9.74. The predicted octanol–water partition coefficient (Wildman–Crippen LogP) is 1.75. The second kappa shape index (κ2) is 5.50. The van der Waals surface area contributed by atoms with Gasteiger partial charge < -0.3 is 19.6 Å². The third kappa shape index (κ3) is 2.91. The molecule has 3 rings (SSSR count). The van der Waals surface area contributed by atoms with Crippen molar-refractivity contribution in [2.75, 3.05) is 13.7 Å². The number of phenols is 1. The molecule has 6 heteroatoms. The minimum atomic E-state index is 0.0557. The van der Waals surface area contributed by atoms with Crippen LogP contribution in [0.3, 0.4) is 0 Å². The van der Waals surface area contributed by atoms with E-state index in [1.807, 2.05) is 0 Å². The first-order valence-electron chi connectivity index (χ1n) is 6.69. The summed E-state index contributed by atoms with van der Waals surface area (Å²) in [6, 6.07) is 5.68. The third-order valence-electron chi connectivity index (χ3n) is 3.24. The van der Waals surface area contributed by atoms with Crippen molar-refractivity contribution in [1.82, 2.24) is 15.5 Å². The molecule has 0 aliphatic heterocycles. The van der Waals surface area contributed by atoms with Crippen molar-refractivity contribution >= 4 is 0 Å². The minimum absolute atomic E-state index is 0.0557. The molecular weight excluding hydrogens is 258 g/mol. The van der Waals surface area contributed by atoms with E-state index >= 15 is 0 Å². The van der Waals surface area contributed by atoms with E-state index in [2.05, 4.69) is 15.5 Å². The molecule has 0 amide bonds. The fourth-order valence-electron chi connectivity index (χ4n) is 1.96. The zero-order chi connectivity index (χ0) is 13.9. The monoisotopic (exact) mass is 275 g/mol. The zero-order valence-electron chi connectivity index (χ0n) is 11.3. The molecule has 106 valence electrons. The molecule has 0 atom stereocenters. The van der Waals surface area contributed by atoms with Gasteiger partial charge in [0, 0.05) is 24.6 Å². The summed E-state index contributed by atoms with van der Waals surface area (Å²) >= 11 is 0. The summed E-state index contributed by atoms with van der Waals surface area (Å²) in [5, 5.41) is 21.2. The summed E-state index contributed by atoms with van der Waals surface area (Å²) in [5.74, 6) is 1.48. The second-order valence-electron chi connectivity index (χ2n) is 4.87. The number of nitrogens with zero attached hydrogens (tertiary/aromatic N) is 2. The standard InChI is InChI=1S/C14H17N3O3/c1-19-12-5-2-9(8-11(12)18)14-17-16-13(20-14)6-7-15-10-3-4-10/h2,5,8,10,15,18H,3-4,6-7H2,1H3. The van der Waals surface area contributed by atoms with Gasteiger partial charge in [-0.3, -0.25) is 0 Å². The molecule has 1 aliphatic rings. The first kappa shape index (κ1) is 12.9. The van der Waals surface area contributed by atoms with Gasteiger partial charge in [0.05, 0.1) is 7.11 Å². The second-order valence-corrected chi connectivity index (χ2v) is 4.87. The Kier molecular flexibility index (Phi) is 3.56. The van der Waals surface area contributed by atoms with Crippen LogP contribution in [0.5, 0.6) is 11.5 Å². The lowest BCUT2D eigenvalue weighted by atomic mass is 10.2. The van der Waals surface area contributed by atoms with Gasteiger partial charge in [-0.15, -0.1) is 10.2 Å². The van der Waals surface area contributed by atoms with Crippen LogP contribution in [-0.2, 0) is 6.42 Å². The van der Waals surface area contributed by atoms with E-state index in [0.717, 1.165) is 6.54 Å². The lowest BCUT2D eigenvalue weighted by Gasteiger charge is -2.03. The summed E-state index contributed by atoms with van der Waals surface area (Å²) in [6.07, 6.45) is 3.24. The summed E-state index contributed by atoms with van der Waals surface area (Å²) in [6.45, 7) is 0.847. The Morgan fingerprint density at radius 3 is 2.95 bits per heavy atom. The summed E-state index contributed by atoms with van der Waals surface area (Å²) in [5.41, 5.74) is 0.678. The Morgan fingerprint density at radius 2 is 2.25 bits per heavy atom. The van der Waals surface area contributed by atoms with E-state index in [9.17, 15) is 5.11 Å². The Balaban J connectivity index is 1.67. The molecule has 1 fully saturated rings. The van der Waals surface area contributed by atoms with E-state index in [1.54, 1.807) is 18.2 Å². The normalized spacial score (nSPS) is 14.4. The zero-order valence-corrected chi connectivity index (χ0v) is 11.3. The highest BCUT2D eigenvalue weighted by molar-refractivity contribution is 5.59. The van der Waals surface area contributed by atoms with Crippen LogP contribution in [0.2, 0.25) is 0 Å². The van der Waals surface area contributed by atoms with Crippen LogP contribution in [0, 0.1) is 0 Å². The van der Waals surface area contributed by atoms with Crippen molar-refractivity contribution in [2.45, 2.75) is 25.3 Å². The van der Waals surface area contributed by atoms with Crippen molar-refractivity contribution in [3.8, 4) is 23.0 Å². The average molecular weight is 275 g/mol. The predicted molar refractivity (Wildman–Crippen MR) is 72.7 cm³/mol. The fourth-order valence-corrected chi connectivity index (χ4v) is 1.96. The number of benzene rings is 1. The van der Waals surface area contributed by atoms with E-state index in [0.29, 0.717) is 35.6 Å². The Bertz CT molecular complexity index is 593. The van der Waals surface area contributed by atoms with Crippen molar-refractivity contribution in [2.24, 2.45) is 0 Å². The molecule has 0 bridgehead atoms. The molecule has 0 saturated heterocycles. The van der Waals surface area contributed by atoms with Gasteiger partial charge in [-0.05, 0) is 31.0 Å². The number of phenolic OH excluding ortho intramolecular Hbond substituents is 1. The van der Waals surface area contributed by atoms with Crippen LogP contribution in [0.4, 0.5) is 0 Å². The number of nitrogens with one attached hydrogen (secondary N) is 1. The van der Waals surface area contributed by atoms with Crippen LogP contribution in [0.15, 0.2) is 22.6 Å². The summed E-state index contributed by atoms with van der Waals surface area (Å²) in [7, 11) is 1.51. The van der Waals surface area contributed by atoms with Crippen molar-refractivity contribution < 1.29 is 14.3 Å². The third-order valence-corrected chi connectivity index (χ3v) is 3.24. The van der Waals surface area contributed by atoms with Gasteiger partial charge in [0.1, 0.15) is 0 Å². The quantitative estimate of drug-likeness (QED) is 0.836. The van der Waals surface area contributed by atoms with Crippen molar-refractivity contribution in [3.05, 3.63) is 24.1 Å². The molecule has 2 N–H and O–H groups in total. The van der Waals surface area contributed by atoms with Crippen LogP contribution < -0.4 is 10.1 Å². The molecule has 1 saturated carbocycles. The summed E-state index contributed by atoms with van der Waals surface area (Å²) < 4.78 is 10.6. The summed E-state index contributed by atoms with van der Waals surface area (Å²) in [4.78, 5) is 0. The van der Waals surface area contributed by atoms with Gasteiger partial charge in [0.2, 0.25) is 11.8 Å². The van der Waals surface area contributed by atoms with Gasteiger partial charge in [0.25, 0.3) is 0 Å². The molecule has 6 nitrogen and oxygen atoms in total. The number of hydrogen-bond acceptors (Lipinski definition) is 6. The van der Waals surface area contributed by atoms with Crippen LogP contribution in [-0.4, -0.2) is 35.0 Å². The lowest BCUT2D eigenvalue weighted by molar-refractivity contribution is 0.373. The number of rotatable bonds is 6. The number of aromatic nitrogens is 2. The topological polar surface area (TPSA) is 80.4 Å². The molecule has 0 unspecified atom stereocenters.